The van der Waals surface area contributed by atoms with Crippen molar-refractivity contribution in [3.05, 3.63) is 117 Å². The van der Waals surface area contributed by atoms with E-state index >= 15 is 0 Å². The van der Waals surface area contributed by atoms with E-state index in [4.69, 9.17) is 4.98 Å². The molecule has 0 bridgehead atoms. The van der Waals surface area contributed by atoms with Crippen molar-refractivity contribution in [2.75, 3.05) is 6.54 Å². The van der Waals surface area contributed by atoms with Gasteiger partial charge in [0.05, 0.1) is 22.6 Å². The average molecular weight is 540 g/mol. The van der Waals surface area contributed by atoms with Gasteiger partial charge in [0.25, 0.3) is 11.5 Å². The van der Waals surface area contributed by atoms with Crippen molar-refractivity contribution in [1.82, 2.24) is 14.5 Å². The molecular formula is C30H26BrN3O2. The van der Waals surface area contributed by atoms with Crippen molar-refractivity contribution in [1.29, 1.82) is 0 Å². The molecule has 1 aromatic heterocycles. The zero-order chi connectivity index (χ0) is 25.2. The van der Waals surface area contributed by atoms with Crippen LogP contribution in [0.3, 0.4) is 0 Å². The Kier molecular flexibility index (Phi) is 6.70. The lowest BCUT2D eigenvalue weighted by Gasteiger charge is -2.32. The van der Waals surface area contributed by atoms with Gasteiger partial charge < -0.3 is 4.90 Å². The highest BCUT2D eigenvalue weighted by Crippen LogP contribution is 2.29. The number of amides is 1. The summed E-state index contributed by atoms with van der Waals surface area (Å²) in [4.78, 5) is 34.6. The van der Waals surface area contributed by atoms with Gasteiger partial charge >= 0.3 is 0 Å². The minimum Gasteiger partial charge on any atom is -0.329 e. The summed E-state index contributed by atoms with van der Waals surface area (Å²) in [5, 5.41) is 2.47. The molecule has 180 valence electrons. The Balaban J connectivity index is 1.71. The second-order valence-corrected chi connectivity index (χ2v) is 9.56. The molecule has 0 spiro atoms. The van der Waals surface area contributed by atoms with Crippen LogP contribution in [-0.4, -0.2) is 26.9 Å². The van der Waals surface area contributed by atoms with Gasteiger partial charge in [0.1, 0.15) is 5.82 Å². The normalized spacial score (nSPS) is 12.1. The average Bonchev–Trinajstić information content (AvgIpc) is 2.91. The van der Waals surface area contributed by atoms with E-state index in [-0.39, 0.29) is 11.5 Å². The van der Waals surface area contributed by atoms with Gasteiger partial charge in [-0.25, -0.2) is 4.98 Å². The highest BCUT2D eigenvalue weighted by Gasteiger charge is 2.29. The Hall–Kier alpha value is -3.77. The number of hydrogen-bond acceptors (Lipinski definition) is 3. The van der Waals surface area contributed by atoms with Gasteiger partial charge in [-0.05, 0) is 66.6 Å². The van der Waals surface area contributed by atoms with E-state index in [2.05, 4.69) is 15.9 Å². The highest BCUT2D eigenvalue weighted by molar-refractivity contribution is 9.10. The molecule has 0 radical (unpaired) electrons. The van der Waals surface area contributed by atoms with Crippen LogP contribution in [0.5, 0.6) is 0 Å². The maximum absolute atomic E-state index is 14.0. The molecule has 0 aliphatic carbocycles. The first-order valence-corrected chi connectivity index (χ1v) is 12.9. The van der Waals surface area contributed by atoms with E-state index in [1.165, 1.54) is 0 Å². The molecule has 0 aliphatic heterocycles. The van der Waals surface area contributed by atoms with Gasteiger partial charge in [0, 0.05) is 16.6 Å². The highest BCUT2D eigenvalue weighted by atomic mass is 79.9. The fraction of sp³-hybridized carbons (Fsp3) is 0.167. The quantitative estimate of drug-likeness (QED) is 0.235. The van der Waals surface area contributed by atoms with Crippen LogP contribution in [0.25, 0.3) is 27.4 Å². The molecule has 1 amide bonds. The molecule has 0 saturated heterocycles. The molecule has 5 rings (SSSR count). The van der Waals surface area contributed by atoms with Crippen LogP contribution in [0, 0.1) is 0 Å². The number of fused-ring (bicyclic) bond motifs is 2. The second kappa shape index (κ2) is 10.1. The maximum atomic E-state index is 14.0. The number of rotatable bonds is 6. The first-order chi connectivity index (χ1) is 17.5. The predicted molar refractivity (Wildman–Crippen MR) is 149 cm³/mol. The predicted octanol–water partition coefficient (Wildman–Crippen LogP) is 6.91. The number of halogens is 1. The molecule has 0 aliphatic rings. The van der Waals surface area contributed by atoms with Crippen molar-refractivity contribution in [3.63, 3.8) is 0 Å². The lowest BCUT2D eigenvalue weighted by atomic mass is 10.0. The Bertz CT molecular complexity index is 1620. The molecule has 0 saturated carbocycles. The van der Waals surface area contributed by atoms with Crippen molar-refractivity contribution >= 4 is 43.5 Å². The molecule has 1 atom stereocenters. The van der Waals surface area contributed by atoms with Crippen molar-refractivity contribution in [3.8, 4) is 5.69 Å². The van der Waals surface area contributed by atoms with E-state index in [9.17, 15) is 9.59 Å². The summed E-state index contributed by atoms with van der Waals surface area (Å²) in [6, 6.07) is 28.2. The lowest BCUT2D eigenvalue weighted by molar-refractivity contribution is 0.0674. The molecule has 1 unspecified atom stereocenters. The summed E-state index contributed by atoms with van der Waals surface area (Å²) < 4.78 is 2.57. The minimum atomic E-state index is -0.401. The van der Waals surface area contributed by atoms with Crippen molar-refractivity contribution in [2.45, 2.75) is 26.3 Å². The molecule has 6 heteroatoms. The Morgan fingerprint density at radius 3 is 2.28 bits per heavy atom. The van der Waals surface area contributed by atoms with Gasteiger partial charge in [-0.2, -0.15) is 0 Å². The summed E-state index contributed by atoms with van der Waals surface area (Å²) >= 11 is 3.48. The summed E-state index contributed by atoms with van der Waals surface area (Å²) in [5.41, 5.74) is 1.83. The Labute approximate surface area is 218 Å². The largest absolute Gasteiger partial charge is 0.329 e. The topological polar surface area (TPSA) is 55.2 Å². The molecule has 36 heavy (non-hydrogen) atoms. The summed E-state index contributed by atoms with van der Waals surface area (Å²) in [5.74, 6) is 0.477. The van der Waals surface area contributed by atoms with Gasteiger partial charge in [0.2, 0.25) is 0 Å². The third kappa shape index (κ3) is 4.22. The zero-order valence-electron chi connectivity index (χ0n) is 20.2. The SMILES string of the molecule is CCC(c1nc2ccccc2c(=O)n1-c1ccc(Br)cc1)N(CC)C(=O)c1cccc2ccccc12. The summed E-state index contributed by atoms with van der Waals surface area (Å²) in [6.07, 6.45) is 0.603. The molecule has 5 aromatic rings. The number of carbonyl (C=O) groups is 1. The van der Waals surface area contributed by atoms with Crippen molar-refractivity contribution in [2.24, 2.45) is 0 Å². The minimum absolute atomic E-state index is 0.0779. The third-order valence-electron chi connectivity index (χ3n) is 6.57. The van der Waals surface area contributed by atoms with Crippen LogP contribution >= 0.6 is 15.9 Å². The van der Waals surface area contributed by atoms with Gasteiger partial charge in [-0.3, -0.25) is 14.2 Å². The molecular weight excluding hydrogens is 514 g/mol. The molecule has 0 N–H and O–H groups in total. The number of carbonyl (C=O) groups excluding carboxylic acids is 1. The van der Waals surface area contributed by atoms with Crippen LogP contribution in [0.2, 0.25) is 0 Å². The van der Waals surface area contributed by atoms with E-state index in [1.54, 1.807) is 10.6 Å². The third-order valence-corrected chi connectivity index (χ3v) is 7.10. The monoisotopic (exact) mass is 539 g/mol. The van der Waals surface area contributed by atoms with Crippen LogP contribution in [0.1, 0.15) is 42.5 Å². The van der Waals surface area contributed by atoms with Crippen molar-refractivity contribution < 1.29 is 4.79 Å². The number of benzene rings is 4. The van der Waals surface area contributed by atoms with Gasteiger partial charge in [-0.1, -0.05) is 71.4 Å². The Morgan fingerprint density at radius 2 is 1.56 bits per heavy atom. The fourth-order valence-corrected chi connectivity index (χ4v) is 5.09. The molecule has 1 heterocycles. The van der Waals surface area contributed by atoms with E-state index < -0.39 is 6.04 Å². The Morgan fingerprint density at radius 1 is 0.889 bits per heavy atom. The maximum Gasteiger partial charge on any atom is 0.266 e. The van der Waals surface area contributed by atoms with E-state index in [1.807, 2.05) is 104 Å². The zero-order valence-corrected chi connectivity index (χ0v) is 21.8. The van der Waals surface area contributed by atoms with Crippen LogP contribution in [0.15, 0.2) is 100 Å². The van der Waals surface area contributed by atoms with Crippen LogP contribution in [0.4, 0.5) is 0 Å². The number of aromatic nitrogens is 2. The first kappa shape index (κ1) is 23.9. The number of para-hydroxylation sites is 1. The smallest absolute Gasteiger partial charge is 0.266 e. The van der Waals surface area contributed by atoms with Crippen LogP contribution < -0.4 is 5.56 Å². The fourth-order valence-electron chi connectivity index (χ4n) is 4.83. The first-order valence-electron chi connectivity index (χ1n) is 12.1. The van der Waals surface area contributed by atoms with E-state index in [0.29, 0.717) is 40.9 Å². The number of hydrogen-bond donors (Lipinski definition) is 0. The molecule has 4 aromatic carbocycles. The number of nitrogens with zero attached hydrogens (tertiary/aromatic N) is 3. The van der Waals surface area contributed by atoms with E-state index in [0.717, 1.165) is 15.2 Å². The standard InChI is InChI=1S/C30H26BrN3O2/c1-3-27(33(4-2)29(35)24-14-9-11-20-10-5-6-12-23(20)24)28-32-26-15-8-7-13-25(26)30(36)34(28)22-18-16-21(31)17-19-22/h5-19,27H,3-4H2,1-2H3. The molecule has 5 nitrogen and oxygen atoms in total. The lowest BCUT2D eigenvalue weighted by Crippen LogP contribution is -2.38. The summed E-state index contributed by atoms with van der Waals surface area (Å²) in [6.45, 7) is 4.47. The second-order valence-electron chi connectivity index (χ2n) is 8.65. The summed E-state index contributed by atoms with van der Waals surface area (Å²) in [7, 11) is 0. The van der Waals surface area contributed by atoms with Gasteiger partial charge in [0.15, 0.2) is 0 Å². The molecule has 0 fully saturated rings. The van der Waals surface area contributed by atoms with Crippen LogP contribution in [-0.2, 0) is 0 Å². The van der Waals surface area contributed by atoms with Gasteiger partial charge in [-0.15, -0.1) is 0 Å².